The number of amides is 5. The molecule has 0 bridgehead atoms. The first kappa shape index (κ1) is 95.7. The van der Waals surface area contributed by atoms with Crippen molar-refractivity contribution < 1.29 is 54.8 Å². The highest BCUT2D eigenvalue weighted by atomic mass is 19.1. The maximum atomic E-state index is 14.7. The molecule has 0 radical (unpaired) electrons. The van der Waals surface area contributed by atoms with Gasteiger partial charge in [-0.3, -0.25) is 38.8 Å². The van der Waals surface area contributed by atoms with Crippen LogP contribution in [0.4, 0.5) is 63.2 Å². The molecule has 5 amide bonds. The second-order valence-corrected chi connectivity index (χ2v) is 35.4. The number of oxazole rings is 3. The van der Waals surface area contributed by atoms with Gasteiger partial charge >= 0.3 is 0 Å². The van der Waals surface area contributed by atoms with Gasteiger partial charge in [0.25, 0.3) is 29.5 Å². The molecule has 5 fully saturated rings. The Hall–Kier alpha value is -16.0. The third-order valence-electron chi connectivity index (χ3n) is 24.9. The van der Waals surface area contributed by atoms with Crippen molar-refractivity contribution in [3.8, 4) is 56.5 Å². The van der Waals surface area contributed by atoms with Gasteiger partial charge in [-0.2, -0.15) is 0 Å². The van der Waals surface area contributed by atoms with Gasteiger partial charge in [0.2, 0.25) is 5.89 Å². The molecule has 3 saturated heterocycles. The van der Waals surface area contributed by atoms with Crippen LogP contribution >= 0.6 is 0 Å². The Bertz CT molecular complexity index is 6850. The number of nitrogens with one attached hydrogen (secondary N) is 5. The van der Waals surface area contributed by atoms with Gasteiger partial charge in [-0.05, 0) is 284 Å². The van der Waals surface area contributed by atoms with Gasteiger partial charge < -0.3 is 54.5 Å². The number of halogens is 4. The van der Waals surface area contributed by atoms with E-state index in [2.05, 4.69) is 128 Å². The highest BCUT2D eigenvalue weighted by molar-refractivity contribution is 6.07. The number of nitrogens with zero attached hydrogens (tertiary/aromatic N) is 10. The van der Waals surface area contributed by atoms with Crippen molar-refractivity contribution in [2.75, 3.05) is 107 Å². The monoisotopic (exact) mass is 1880 g/mol. The summed E-state index contributed by atoms with van der Waals surface area (Å²) in [6, 6.07) is 86.8. The van der Waals surface area contributed by atoms with Gasteiger partial charge in [-0.15, -0.1) is 0 Å². The minimum Gasteiger partial charge on any atom is -0.440 e. The molecule has 8 heterocycles. The summed E-state index contributed by atoms with van der Waals surface area (Å²) in [6.45, 7) is 18.9. The van der Waals surface area contributed by atoms with Gasteiger partial charge in [0.05, 0.1) is 40.5 Å². The lowest BCUT2D eigenvalue weighted by Crippen LogP contribution is -2.48. The number of anilines is 8. The number of hydrogen-bond donors (Lipinski definition) is 5. The van der Waals surface area contributed by atoms with Crippen molar-refractivity contribution in [3.05, 3.63) is 379 Å². The molecular weight excluding hydrogens is 1770 g/mol. The van der Waals surface area contributed by atoms with Crippen LogP contribution in [-0.2, 0) is 0 Å². The predicted octanol–water partition coefficient (Wildman–Crippen LogP) is 24.3. The van der Waals surface area contributed by atoms with Crippen LogP contribution in [0.2, 0.25) is 0 Å². The lowest BCUT2D eigenvalue weighted by molar-refractivity contribution is 0.101. The number of piperazine rings is 2. The van der Waals surface area contributed by atoms with E-state index < -0.39 is 35.1 Å². The largest absolute Gasteiger partial charge is 0.440 e. The molecule has 0 atom stereocenters. The van der Waals surface area contributed by atoms with Crippen molar-refractivity contribution in [1.82, 2.24) is 34.7 Å². The Morgan fingerprint density at radius 1 is 0.343 bits per heavy atom. The van der Waals surface area contributed by atoms with Crippen LogP contribution in [0.25, 0.3) is 67.6 Å². The molecule has 710 valence electrons. The summed E-state index contributed by atoms with van der Waals surface area (Å²) in [5.41, 5.74) is 14.5. The standard InChI is InChI=1S/C26H29N3O.C25H27FN4O.C24H22N4O2.C19H14F2N2O2.C19H15FN2O2/c1-20(2)28-16-18-29(19-17-28)25-14-12-24(13-15-25)27-26(30)23-10-8-22(9-11-23)21-6-4-3-5-7-21;1-18(2)29-13-15-30(16-14-29)21-10-11-24(22(26)17-21)28-25(31)20-8-6-19(7-9-20)23-5-3-4-12-27-23;29-23(18-10-13-22(25-16-18)28-14-4-1-5-15-28)26-19-11-8-17(9-12-19)24-27-20-6-2-3-7-21(20)30-24;20-13-5-8-15(16(21)9-13)18(24)23-14-6-3-11(4-7-14)17-10-22-19(25-17)12-1-2-12;20-16-4-2-1-3-15(16)18(23)22-14-9-7-12(8-10-14)17-11-21-19(24-17)13-5-6-13/h3-15,20H,16-19H2,1-2H3,(H,27,30);3-12,17-18H,13-16H2,1-2H3,(H,28,31);2-3,6-13,16H,1,4-5,14-15H2,(H,26,29);3-10,12H,1-2H2,(H,23,24);1-4,7-11,13H,5-6H2,(H,22,23). The maximum absolute atomic E-state index is 14.7. The number of para-hydroxylation sites is 2. The Morgan fingerprint density at radius 3 is 1.32 bits per heavy atom. The molecule has 27 heteroatoms. The Morgan fingerprint density at radius 2 is 0.807 bits per heavy atom. The topological polar surface area (TPSA) is 266 Å². The summed E-state index contributed by atoms with van der Waals surface area (Å²) < 4.78 is 72.2. The zero-order chi connectivity index (χ0) is 97.0. The quantitative estimate of drug-likeness (QED) is 0.0395. The Balaban J connectivity index is 0.000000121. The van der Waals surface area contributed by atoms with Crippen LogP contribution in [0.1, 0.15) is 148 Å². The highest BCUT2D eigenvalue weighted by Gasteiger charge is 2.31. The van der Waals surface area contributed by atoms with Gasteiger partial charge in [0.15, 0.2) is 28.9 Å². The number of hydrogen-bond acceptors (Lipinski definition) is 18. The van der Waals surface area contributed by atoms with Crippen molar-refractivity contribution in [3.63, 3.8) is 0 Å². The van der Waals surface area contributed by atoms with E-state index in [0.717, 1.165) is 182 Å². The van der Waals surface area contributed by atoms with E-state index in [1.54, 1.807) is 91.5 Å². The Kier molecular flexibility index (Phi) is 31.0. The number of fused-ring (bicyclic) bond motifs is 1. The summed E-state index contributed by atoms with van der Waals surface area (Å²) in [7, 11) is 0. The van der Waals surface area contributed by atoms with Gasteiger partial charge in [0.1, 0.15) is 34.6 Å². The van der Waals surface area contributed by atoms with Crippen molar-refractivity contribution in [2.24, 2.45) is 0 Å². The molecule has 0 spiro atoms. The number of pyridine rings is 2. The van der Waals surface area contributed by atoms with Crippen LogP contribution in [0.3, 0.4) is 0 Å². The van der Waals surface area contributed by atoms with Crippen LogP contribution < -0.4 is 41.3 Å². The average Bonchev–Trinajstić information content (AvgIpc) is 1.68. The summed E-state index contributed by atoms with van der Waals surface area (Å²) in [4.78, 5) is 95.6. The minimum atomic E-state index is -0.900. The van der Waals surface area contributed by atoms with E-state index in [9.17, 15) is 41.5 Å². The Labute approximate surface area is 809 Å². The highest BCUT2D eigenvalue weighted by Crippen LogP contribution is 2.42. The molecule has 2 aliphatic carbocycles. The molecule has 0 unspecified atom stereocenters. The summed E-state index contributed by atoms with van der Waals surface area (Å²) >= 11 is 0. The first-order valence-corrected chi connectivity index (χ1v) is 47.3. The fourth-order valence-electron chi connectivity index (χ4n) is 16.5. The molecule has 11 aromatic carbocycles. The zero-order valence-corrected chi connectivity index (χ0v) is 78.1. The van der Waals surface area contributed by atoms with Crippen LogP contribution in [0, 0.1) is 23.3 Å². The maximum Gasteiger partial charge on any atom is 0.258 e. The van der Waals surface area contributed by atoms with Gasteiger partial charge in [-0.1, -0.05) is 84.9 Å². The molecule has 5 aliphatic rings. The fourth-order valence-corrected chi connectivity index (χ4v) is 16.5. The first-order valence-electron chi connectivity index (χ1n) is 47.3. The number of benzene rings is 11. The SMILES string of the molecule is CC(C)N1CCN(c2ccc(NC(=O)c3ccc(-c4ccccc4)cc3)cc2)CC1.CC(C)N1CCN(c2ccc(NC(=O)c3ccc(-c4ccccn4)cc3)c(F)c2)CC1.O=C(Nc1ccc(-c2cnc(C3CC3)o2)cc1)c1ccc(F)cc1F.O=C(Nc1ccc(-c2cnc(C3CC3)o2)cc1)c1ccccc1F.O=C(Nc1ccc(-c2nc3ccccc3o2)cc1)c1ccc(N2CCCCC2)nc1. The average molecular weight is 1880 g/mol. The van der Waals surface area contributed by atoms with E-state index in [1.165, 1.54) is 43.1 Å². The number of aromatic nitrogens is 5. The van der Waals surface area contributed by atoms with Crippen LogP contribution in [-0.4, -0.2) is 142 Å². The molecule has 3 aliphatic heterocycles. The summed E-state index contributed by atoms with van der Waals surface area (Å²) in [6.07, 6.45) is 15.0. The smallest absolute Gasteiger partial charge is 0.258 e. The van der Waals surface area contributed by atoms with Crippen molar-refractivity contribution >= 4 is 86.3 Å². The molecule has 140 heavy (non-hydrogen) atoms. The second-order valence-electron chi connectivity index (χ2n) is 35.4. The fraction of sp³-hybridized carbons (Fsp3) is 0.221. The van der Waals surface area contributed by atoms with E-state index in [1.807, 2.05) is 164 Å². The minimum absolute atomic E-state index is 0.0193. The molecule has 2 saturated carbocycles. The number of rotatable bonds is 22. The number of piperidine rings is 1. The zero-order valence-electron chi connectivity index (χ0n) is 78.1. The van der Waals surface area contributed by atoms with Crippen LogP contribution in [0.15, 0.2) is 329 Å². The third kappa shape index (κ3) is 25.2. The number of carbonyl (C=O) groups is 5. The number of carbonyl (C=O) groups excluding carboxylic acids is 5. The summed E-state index contributed by atoms with van der Waals surface area (Å²) in [5.74, 6) is 1.03. The second kappa shape index (κ2) is 45.3. The third-order valence-corrected chi connectivity index (χ3v) is 24.9. The van der Waals surface area contributed by atoms with Crippen LogP contribution in [0.5, 0.6) is 0 Å². The van der Waals surface area contributed by atoms with Crippen molar-refractivity contribution in [1.29, 1.82) is 0 Å². The molecule has 5 aromatic heterocycles. The molecule has 16 aromatic rings. The van der Waals surface area contributed by atoms with Gasteiger partial charge in [-0.25, -0.2) is 37.5 Å². The van der Waals surface area contributed by atoms with E-state index in [4.69, 9.17) is 13.3 Å². The van der Waals surface area contributed by atoms with E-state index in [-0.39, 0.29) is 34.5 Å². The van der Waals surface area contributed by atoms with Gasteiger partial charge in [0, 0.05) is 175 Å². The normalized spacial score (nSPS) is 14.2. The molecule has 21 rings (SSSR count). The molecule has 5 N–H and O–H groups in total. The first-order chi connectivity index (χ1) is 68.2. The van der Waals surface area contributed by atoms with Crippen molar-refractivity contribution in [2.45, 2.75) is 96.6 Å². The predicted molar refractivity (Wildman–Crippen MR) is 542 cm³/mol. The molecule has 23 nitrogen and oxygen atoms in total. The van der Waals surface area contributed by atoms with E-state index >= 15 is 0 Å². The lowest BCUT2D eigenvalue weighted by atomic mass is 10.0. The molecular formula is C113H107F4N15O8. The summed E-state index contributed by atoms with van der Waals surface area (Å²) in [5, 5.41) is 13.9. The van der Waals surface area contributed by atoms with E-state index in [0.29, 0.717) is 81.1 Å². The lowest BCUT2D eigenvalue weighted by Gasteiger charge is -2.38.